The highest BCUT2D eigenvalue weighted by atomic mass is 19.2. The van der Waals surface area contributed by atoms with Gasteiger partial charge in [0.1, 0.15) is 13.2 Å². The number of hydrogen-bond acceptors (Lipinski definition) is 4. The maximum atomic E-state index is 13.5. The minimum atomic E-state index is -1.07. The van der Waals surface area contributed by atoms with E-state index in [4.69, 9.17) is 10.5 Å². The first kappa shape index (κ1) is 13.6. The van der Waals surface area contributed by atoms with Gasteiger partial charge in [-0.05, 0) is 6.07 Å². The van der Waals surface area contributed by atoms with Crippen molar-refractivity contribution >= 4 is 11.8 Å². The molecule has 2 rings (SSSR count). The highest BCUT2D eigenvalue weighted by Crippen LogP contribution is 2.19. The summed E-state index contributed by atoms with van der Waals surface area (Å²) in [6.07, 6.45) is 0. The van der Waals surface area contributed by atoms with E-state index in [0.29, 0.717) is 0 Å². The fourth-order valence-corrected chi connectivity index (χ4v) is 1.83. The molecule has 1 aromatic carbocycles. The highest BCUT2D eigenvalue weighted by molar-refractivity contribution is 5.98. The number of benzene rings is 1. The Morgan fingerprint density at radius 1 is 1.26 bits per heavy atom. The second kappa shape index (κ2) is 5.41. The summed E-state index contributed by atoms with van der Waals surface area (Å²) in [6, 6.07) is 2.62. The van der Waals surface area contributed by atoms with Crippen LogP contribution in [0.5, 0.6) is 0 Å². The molecule has 0 radical (unpaired) electrons. The lowest BCUT2D eigenvalue weighted by Gasteiger charge is -2.27. The van der Waals surface area contributed by atoms with Crippen molar-refractivity contribution in [1.29, 1.82) is 0 Å². The summed E-state index contributed by atoms with van der Waals surface area (Å²) >= 11 is 0. The lowest BCUT2D eigenvalue weighted by atomic mass is 10.1. The average molecular weight is 270 g/mol. The molecule has 1 fully saturated rings. The first-order valence-electron chi connectivity index (χ1n) is 5.61. The lowest BCUT2D eigenvalue weighted by molar-refractivity contribution is -0.158. The van der Waals surface area contributed by atoms with Crippen LogP contribution in [0.3, 0.4) is 0 Å². The van der Waals surface area contributed by atoms with Gasteiger partial charge in [0.15, 0.2) is 11.6 Å². The highest BCUT2D eigenvalue weighted by Gasteiger charge is 2.29. The lowest BCUT2D eigenvalue weighted by Crippen LogP contribution is -2.48. The van der Waals surface area contributed by atoms with Gasteiger partial charge in [0, 0.05) is 12.1 Å². The molecule has 1 heterocycles. The van der Waals surface area contributed by atoms with E-state index in [9.17, 15) is 18.4 Å². The second-order valence-electron chi connectivity index (χ2n) is 4.14. The Balaban J connectivity index is 2.16. The number of amides is 2. The van der Waals surface area contributed by atoms with E-state index in [2.05, 4.69) is 0 Å². The molecule has 2 amide bonds. The summed E-state index contributed by atoms with van der Waals surface area (Å²) in [5, 5.41) is 0. The summed E-state index contributed by atoms with van der Waals surface area (Å²) < 4.78 is 31.3. The van der Waals surface area contributed by atoms with Gasteiger partial charge in [-0.15, -0.1) is 0 Å². The molecule has 1 saturated heterocycles. The van der Waals surface area contributed by atoms with Crippen molar-refractivity contribution in [3.8, 4) is 0 Å². The largest absolute Gasteiger partial charge is 0.362 e. The molecule has 1 aromatic rings. The number of halogens is 2. The van der Waals surface area contributed by atoms with E-state index in [1.165, 1.54) is 12.1 Å². The third-order valence-corrected chi connectivity index (χ3v) is 2.81. The number of morpholine rings is 1. The van der Waals surface area contributed by atoms with Crippen molar-refractivity contribution in [2.45, 2.75) is 6.04 Å². The molecule has 0 spiro atoms. The van der Waals surface area contributed by atoms with Crippen LogP contribution in [-0.4, -0.2) is 36.5 Å². The van der Waals surface area contributed by atoms with Crippen LogP contribution < -0.4 is 5.73 Å². The molecule has 0 bridgehead atoms. The smallest absolute Gasteiger partial charge is 0.255 e. The number of imide groups is 1. The van der Waals surface area contributed by atoms with Crippen LogP contribution in [0.1, 0.15) is 11.6 Å². The molecule has 2 N–H and O–H groups in total. The first-order valence-corrected chi connectivity index (χ1v) is 5.61. The Hall–Kier alpha value is -1.86. The van der Waals surface area contributed by atoms with Crippen LogP contribution >= 0.6 is 0 Å². The van der Waals surface area contributed by atoms with Gasteiger partial charge in [0.2, 0.25) is 0 Å². The van der Waals surface area contributed by atoms with Gasteiger partial charge in [0.25, 0.3) is 11.8 Å². The van der Waals surface area contributed by atoms with E-state index in [-0.39, 0.29) is 25.3 Å². The van der Waals surface area contributed by atoms with Crippen molar-refractivity contribution < 1.29 is 23.1 Å². The molecule has 19 heavy (non-hydrogen) atoms. The molecule has 1 aliphatic rings. The zero-order chi connectivity index (χ0) is 14.0. The minimum absolute atomic E-state index is 0.0768. The van der Waals surface area contributed by atoms with Crippen LogP contribution in [-0.2, 0) is 14.3 Å². The summed E-state index contributed by atoms with van der Waals surface area (Å²) in [7, 11) is 0. The normalized spacial score (nSPS) is 17.7. The summed E-state index contributed by atoms with van der Waals surface area (Å²) in [6.45, 7) is -0.643. The molecular formula is C12H12F2N2O3. The molecule has 102 valence electrons. The number of hydrogen-bond donors (Lipinski definition) is 1. The van der Waals surface area contributed by atoms with Crippen LogP contribution in [0, 0.1) is 11.6 Å². The average Bonchev–Trinajstić information content (AvgIpc) is 2.37. The standard InChI is InChI=1S/C12H12F2N2O3/c13-8-3-1-2-7(12(8)14)9(15)4-16-10(17)5-19-6-11(16)18/h1-3,9H,4-6,15H2. The SMILES string of the molecule is NC(CN1C(=O)COCC1=O)c1cccc(F)c1F. The first-order chi connectivity index (χ1) is 9.00. The maximum Gasteiger partial charge on any atom is 0.255 e. The van der Waals surface area contributed by atoms with Crippen molar-refractivity contribution in [2.24, 2.45) is 5.73 Å². The van der Waals surface area contributed by atoms with Crippen molar-refractivity contribution in [1.82, 2.24) is 4.90 Å². The topological polar surface area (TPSA) is 72.6 Å². The van der Waals surface area contributed by atoms with Gasteiger partial charge in [0.05, 0.1) is 6.04 Å². The minimum Gasteiger partial charge on any atom is -0.362 e. The molecule has 1 atom stereocenters. The molecule has 7 heteroatoms. The van der Waals surface area contributed by atoms with Gasteiger partial charge in [-0.3, -0.25) is 14.5 Å². The number of nitrogens with zero attached hydrogens (tertiary/aromatic N) is 1. The Morgan fingerprint density at radius 3 is 2.53 bits per heavy atom. The Labute approximate surface area is 107 Å². The maximum absolute atomic E-state index is 13.5. The predicted molar refractivity (Wildman–Crippen MR) is 60.8 cm³/mol. The van der Waals surface area contributed by atoms with Crippen molar-refractivity contribution in [3.63, 3.8) is 0 Å². The number of ether oxygens (including phenoxy) is 1. The zero-order valence-corrected chi connectivity index (χ0v) is 9.94. The molecule has 0 aromatic heterocycles. The van der Waals surface area contributed by atoms with E-state index in [1.807, 2.05) is 0 Å². The molecule has 5 nitrogen and oxygen atoms in total. The summed E-state index contributed by atoms with van der Waals surface area (Å²) in [4.78, 5) is 23.9. The van der Waals surface area contributed by atoms with Crippen molar-refractivity contribution in [3.05, 3.63) is 35.4 Å². The molecule has 0 saturated carbocycles. The predicted octanol–water partition coefficient (Wildman–Crippen LogP) is 0.350. The van der Waals surface area contributed by atoms with E-state index >= 15 is 0 Å². The quantitative estimate of drug-likeness (QED) is 0.804. The monoisotopic (exact) mass is 270 g/mol. The summed E-state index contributed by atoms with van der Waals surface area (Å²) in [5.74, 6) is -3.16. The van der Waals surface area contributed by atoms with Crippen LogP contribution in [0.4, 0.5) is 8.78 Å². The van der Waals surface area contributed by atoms with E-state index in [1.54, 1.807) is 0 Å². The van der Waals surface area contributed by atoms with Crippen LogP contribution in [0.25, 0.3) is 0 Å². The Bertz CT molecular complexity index is 506. The zero-order valence-electron chi connectivity index (χ0n) is 9.94. The number of rotatable bonds is 3. The van der Waals surface area contributed by atoms with Gasteiger partial charge in [-0.2, -0.15) is 0 Å². The molecular weight excluding hydrogens is 258 g/mol. The molecule has 1 aliphatic heterocycles. The van der Waals surface area contributed by atoms with Gasteiger partial charge >= 0.3 is 0 Å². The van der Waals surface area contributed by atoms with Gasteiger partial charge < -0.3 is 10.5 Å². The fraction of sp³-hybridized carbons (Fsp3) is 0.333. The van der Waals surface area contributed by atoms with Crippen LogP contribution in [0.2, 0.25) is 0 Å². The fourth-order valence-electron chi connectivity index (χ4n) is 1.83. The molecule has 1 unspecified atom stereocenters. The van der Waals surface area contributed by atoms with Gasteiger partial charge in [-0.25, -0.2) is 8.78 Å². The van der Waals surface area contributed by atoms with Gasteiger partial charge in [-0.1, -0.05) is 12.1 Å². The third-order valence-electron chi connectivity index (χ3n) is 2.81. The Kier molecular flexibility index (Phi) is 3.87. The summed E-state index contributed by atoms with van der Waals surface area (Å²) in [5.41, 5.74) is 5.65. The van der Waals surface area contributed by atoms with E-state index in [0.717, 1.165) is 11.0 Å². The molecule has 0 aliphatic carbocycles. The van der Waals surface area contributed by atoms with E-state index < -0.39 is 29.5 Å². The number of carbonyl (C=O) groups excluding carboxylic acids is 2. The Morgan fingerprint density at radius 2 is 1.89 bits per heavy atom. The van der Waals surface area contributed by atoms with Crippen LogP contribution in [0.15, 0.2) is 18.2 Å². The number of carbonyl (C=O) groups is 2. The van der Waals surface area contributed by atoms with Crippen molar-refractivity contribution in [2.75, 3.05) is 19.8 Å². The number of nitrogens with two attached hydrogens (primary N) is 1. The second-order valence-corrected chi connectivity index (χ2v) is 4.14. The third kappa shape index (κ3) is 2.77.